The number of para-hydroxylation sites is 1. The van der Waals surface area contributed by atoms with E-state index in [0.717, 1.165) is 12.1 Å². The number of amides is 1. The highest BCUT2D eigenvalue weighted by Crippen LogP contribution is 2.29. The van der Waals surface area contributed by atoms with Crippen LogP contribution in [0.3, 0.4) is 0 Å². The number of benzene rings is 2. The van der Waals surface area contributed by atoms with Gasteiger partial charge < -0.3 is 4.74 Å². The topological polar surface area (TPSA) is 69.0 Å². The van der Waals surface area contributed by atoms with Crippen LogP contribution in [0.5, 0.6) is 5.75 Å². The van der Waals surface area contributed by atoms with Gasteiger partial charge in [-0.2, -0.15) is 13.2 Å². The molecule has 0 spiro atoms. The van der Waals surface area contributed by atoms with E-state index in [1.54, 1.807) is 30.3 Å². The lowest BCUT2D eigenvalue weighted by molar-refractivity contribution is -0.137. The molecule has 6 nitrogen and oxygen atoms in total. The largest absolute Gasteiger partial charge is 0.493 e. The van der Waals surface area contributed by atoms with Crippen molar-refractivity contribution in [2.24, 2.45) is 0 Å². The lowest BCUT2D eigenvalue weighted by Crippen LogP contribution is -2.15. The Labute approximate surface area is 159 Å². The van der Waals surface area contributed by atoms with E-state index in [1.807, 2.05) is 6.92 Å². The number of halogens is 3. The van der Waals surface area contributed by atoms with Crippen LogP contribution in [0.4, 0.5) is 19.1 Å². The standard InChI is InChI=1S/C19H17F3N4O2/c1-2-28-16-9-4-3-8-15(16)17(27)24-18-23-12-26(25-18)11-13-6-5-7-14(10-13)19(20,21)22/h3-10,12H,2,11H2,1H3,(H,24,25,27). The van der Waals surface area contributed by atoms with Crippen LogP contribution in [-0.4, -0.2) is 27.3 Å². The van der Waals surface area contributed by atoms with E-state index in [-0.39, 0.29) is 12.5 Å². The number of carbonyl (C=O) groups excluding carboxylic acids is 1. The Bertz CT molecular complexity index is 970. The van der Waals surface area contributed by atoms with Gasteiger partial charge in [0.05, 0.1) is 24.3 Å². The van der Waals surface area contributed by atoms with Crippen molar-refractivity contribution in [1.29, 1.82) is 0 Å². The molecule has 146 valence electrons. The molecule has 1 amide bonds. The fraction of sp³-hybridized carbons (Fsp3) is 0.211. The van der Waals surface area contributed by atoms with E-state index in [0.29, 0.717) is 23.5 Å². The van der Waals surface area contributed by atoms with Crippen molar-refractivity contribution in [3.8, 4) is 5.75 Å². The normalized spacial score (nSPS) is 11.3. The van der Waals surface area contributed by atoms with Gasteiger partial charge in [0.2, 0.25) is 5.95 Å². The summed E-state index contributed by atoms with van der Waals surface area (Å²) in [6.07, 6.45) is -3.07. The molecule has 0 aliphatic carbocycles. The first-order valence-corrected chi connectivity index (χ1v) is 8.45. The molecule has 1 aromatic heterocycles. The number of rotatable bonds is 6. The number of hydrogen-bond acceptors (Lipinski definition) is 4. The monoisotopic (exact) mass is 390 g/mol. The number of nitrogens with one attached hydrogen (secondary N) is 1. The summed E-state index contributed by atoms with van der Waals surface area (Å²) >= 11 is 0. The van der Waals surface area contributed by atoms with Crippen LogP contribution in [0.25, 0.3) is 0 Å². The number of nitrogens with zero attached hydrogens (tertiary/aromatic N) is 3. The molecule has 3 aromatic rings. The molecular weight excluding hydrogens is 373 g/mol. The quantitative estimate of drug-likeness (QED) is 0.691. The molecule has 0 saturated heterocycles. The highest BCUT2D eigenvalue weighted by molar-refractivity contribution is 6.05. The Morgan fingerprint density at radius 1 is 1.18 bits per heavy atom. The fourth-order valence-electron chi connectivity index (χ4n) is 2.57. The van der Waals surface area contributed by atoms with Gasteiger partial charge in [-0.15, -0.1) is 5.10 Å². The zero-order valence-corrected chi connectivity index (χ0v) is 14.9. The van der Waals surface area contributed by atoms with E-state index < -0.39 is 17.6 Å². The first-order chi connectivity index (χ1) is 13.4. The van der Waals surface area contributed by atoms with Gasteiger partial charge in [-0.3, -0.25) is 10.1 Å². The number of alkyl halides is 3. The van der Waals surface area contributed by atoms with Crippen molar-refractivity contribution in [3.05, 3.63) is 71.5 Å². The van der Waals surface area contributed by atoms with Crippen molar-refractivity contribution in [3.63, 3.8) is 0 Å². The van der Waals surface area contributed by atoms with E-state index >= 15 is 0 Å². The first-order valence-electron chi connectivity index (χ1n) is 8.45. The first kappa shape index (κ1) is 19.4. The maximum atomic E-state index is 12.8. The maximum absolute atomic E-state index is 12.8. The van der Waals surface area contributed by atoms with Crippen molar-refractivity contribution >= 4 is 11.9 Å². The number of ether oxygens (including phenoxy) is 1. The number of hydrogen-bond donors (Lipinski definition) is 1. The SMILES string of the molecule is CCOc1ccccc1C(=O)Nc1ncn(Cc2cccc(C(F)(F)F)c2)n1. The summed E-state index contributed by atoms with van der Waals surface area (Å²) in [6.45, 7) is 2.31. The molecule has 0 aliphatic heterocycles. The highest BCUT2D eigenvalue weighted by Gasteiger charge is 2.30. The second kappa shape index (κ2) is 8.12. The van der Waals surface area contributed by atoms with Crippen LogP contribution in [0.2, 0.25) is 0 Å². The molecule has 3 rings (SSSR count). The average Bonchev–Trinajstić information content (AvgIpc) is 3.08. The van der Waals surface area contributed by atoms with Crippen molar-refractivity contribution in [2.45, 2.75) is 19.6 Å². The van der Waals surface area contributed by atoms with E-state index in [1.165, 1.54) is 17.1 Å². The zero-order chi connectivity index (χ0) is 20.1. The Morgan fingerprint density at radius 3 is 2.71 bits per heavy atom. The van der Waals surface area contributed by atoms with Crippen LogP contribution in [0.15, 0.2) is 54.9 Å². The average molecular weight is 390 g/mol. The maximum Gasteiger partial charge on any atom is 0.416 e. The van der Waals surface area contributed by atoms with Gasteiger partial charge >= 0.3 is 6.18 Å². The van der Waals surface area contributed by atoms with Crippen LogP contribution >= 0.6 is 0 Å². The van der Waals surface area contributed by atoms with Gasteiger partial charge in [0, 0.05) is 0 Å². The minimum absolute atomic E-state index is 0.0447. The van der Waals surface area contributed by atoms with E-state index in [2.05, 4.69) is 15.4 Å². The summed E-state index contributed by atoms with van der Waals surface area (Å²) in [5.41, 5.74) is 0.0176. The smallest absolute Gasteiger partial charge is 0.416 e. The Hall–Kier alpha value is -3.36. The third kappa shape index (κ3) is 4.67. The molecule has 2 aromatic carbocycles. The second-order valence-corrected chi connectivity index (χ2v) is 5.85. The van der Waals surface area contributed by atoms with Gasteiger partial charge in [-0.25, -0.2) is 9.67 Å². The molecule has 0 aliphatic rings. The third-order valence-electron chi connectivity index (χ3n) is 3.79. The van der Waals surface area contributed by atoms with Crippen molar-refractivity contribution < 1.29 is 22.7 Å². The summed E-state index contributed by atoms with van der Waals surface area (Å²) < 4.78 is 45.2. The number of aromatic nitrogens is 3. The van der Waals surface area contributed by atoms with Gasteiger partial charge in [0.25, 0.3) is 5.91 Å². The molecule has 1 heterocycles. The van der Waals surface area contributed by atoms with Gasteiger partial charge in [0.15, 0.2) is 0 Å². The van der Waals surface area contributed by atoms with Crippen molar-refractivity contribution in [1.82, 2.24) is 14.8 Å². The van der Waals surface area contributed by atoms with Gasteiger partial charge in [0.1, 0.15) is 12.1 Å². The summed E-state index contributed by atoms with van der Waals surface area (Å²) in [7, 11) is 0. The minimum atomic E-state index is -4.41. The lowest BCUT2D eigenvalue weighted by atomic mass is 10.1. The molecule has 0 fully saturated rings. The van der Waals surface area contributed by atoms with Crippen molar-refractivity contribution in [2.75, 3.05) is 11.9 Å². The molecule has 0 saturated carbocycles. The molecule has 0 bridgehead atoms. The zero-order valence-electron chi connectivity index (χ0n) is 14.9. The highest BCUT2D eigenvalue weighted by atomic mass is 19.4. The molecule has 0 radical (unpaired) electrons. The fourth-order valence-corrected chi connectivity index (χ4v) is 2.57. The number of anilines is 1. The predicted molar refractivity (Wildman–Crippen MR) is 96.1 cm³/mol. The third-order valence-corrected chi connectivity index (χ3v) is 3.79. The van der Waals surface area contributed by atoms with Gasteiger partial charge in [-0.05, 0) is 36.8 Å². The van der Waals surface area contributed by atoms with Gasteiger partial charge in [-0.1, -0.05) is 24.3 Å². The van der Waals surface area contributed by atoms with Crippen LogP contribution < -0.4 is 10.1 Å². The molecule has 28 heavy (non-hydrogen) atoms. The summed E-state index contributed by atoms with van der Waals surface area (Å²) in [6, 6.07) is 11.7. The Morgan fingerprint density at radius 2 is 1.96 bits per heavy atom. The molecular formula is C19H17F3N4O2. The molecule has 1 N–H and O–H groups in total. The van der Waals surface area contributed by atoms with Crippen LogP contribution in [-0.2, 0) is 12.7 Å². The molecule has 9 heteroatoms. The summed E-state index contributed by atoms with van der Waals surface area (Å²) in [5.74, 6) is 0.0371. The molecule has 0 atom stereocenters. The van der Waals surface area contributed by atoms with E-state index in [4.69, 9.17) is 4.74 Å². The summed E-state index contributed by atoms with van der Waals surface area (Å²) in [5, 5.41) is 6.65. The van der Waals surface area contributed by atoms with Crippen LogP contribution in [0, 0.1) is 0 Å². The van der Waals surface area contributed by atoms with Crippen LogP contribution in [0.1, 0.15) is 28.4 Å². The number of carbonyl (C=O) groups is 1. The minimum Gasteiger partial charge on any atom is -0.493 e. The molecule has 0 unspecified atom stereocenters. The summed E-state index contributed by atoms with van der Waals surface area (Å²) in [4.78, 5) is 16.4. The predicted octanol–water partition coefficient (Wildman–Crippen LogP) is 4.00. The lowest BCUT2D eigenvalue weighted by Gasteiger charge is -2.09. The second-order valence-electron chi connectivity index (χ2n) is 5.85. The Kier molecular flexibility index (Phi) is 5.62. The van der Waals surface area contributed by atoms with E-state index in [9.17, 15) is 18.0 Å². The Balaban J connectivity index is 1.71.